The van der Waals surface area contributed by atoms with Crippen LogP contribution in [0.5, 0.6) is 0 Å². The maximum Gasteiger partial charge on any atom is 0.245 e. The summed E-state index contributed by atoms with van der Waals surface area (Å²) >= 11 is 0. The number of carbonyl (C=O) groups excluding carboxylic acids is 7. The minimum Gasteiger partial charge on any atom is -0.391 e. The van der Waals surface area contributed by atoms with Gasteiger partial charge in [-0.1, -0.05) is 44.2 Å². The van der Waals surface area contributed by atoms with E-state index in [0.29, 0.717) is 12.0 Å². The van der Waals surface area contributed by atoms with Crippen molar-refractivity contribution < 1.29 is 43.8 Å². The number of aliphatic hydroxyl groups excluding tert-OH is 2. The molecule has 24 heteroatoms. The van der Waals surface area contributed by atoms with Crippen LogP contribution in [0.4, 0.5) is 0 Å². The van der Waals surface area contributed by atoms with Gasteiger partial charge in [-0.2, -0.15) is 0 Å². The van der Waals surface area contributed by atoms with Crippen LogP contribution in [-0.4, -0.2) is 151 Å². The van der Waals surface area contributed by atoms with Gasteiger partial charge in [0.25, 0.3) is 0 Å². The van der Waals surface area contributed by atoms with E-state index < -0.39 is 102 Å². The van der Waals surface area contributed by atoms with Gasteiger partial charge in [0.2, 0.25) is 41.4 Å². The number of rotatable bonds is 17. The quantitative estimate of drug-likeness (QED) is 0.0393. The van der Waals surface area contributed by atoms with Crippen molar-refractivity contribution in [3.63, 3.8) is 0 Å². The van der Waals surface area contributed by atoms with Crippen molar-refractivity contribution in [2.24, 2.45) is 34.6 Å². The van der Waals surface area contributed by atoms with Crippen LogP contribution < -0.4 is 76.5 Å². The molecule has 10 atom stereocenters. The number of carbonyl (C=O) groups is 7. The highest BCUT2D eigenvalue weighted by molar-refractivity contribution is 5.95. The third kappa shape index (κ3) is 20.1. The Hall–Kier alpha value is -5.50. The first-order chi connectivity index (χ1) is 30.8. The predicted molar refractivity (Wildman–Crippen MR) is 242 cm³/mol. The van der Waals surface area contributed by atoms with Crippen LogP contribution >= 0.6 is 0 Å². The van der Waals surface area contributed by atoms with Crippen LogP contribution in [0.3, 0.4) is 0 Å². The Kier molecular flexibility index (Phi) is 24.9. The van der Waals surface area contributed by atoms with Crippen molar-refractivity contribution >= 4 is 47.3 Å². The van der Waals surface area contributed by atoms with Gasteiger partial charge in [0.15, 0.2) is 5.96 Å². The van der Waals surface area contributed by atoms with Crippen LogP contribution in [0.15, 0.2) is 30.3 Å². The van der Waals surface area contributed by atoms with Gasteiger partial charge < -0.3 is 81.4 Å². The second-order valence-corrected chi connectivity index (χ2v) is 16.5. The van der Waals surface area contributed by atoms with Crippen LogP contribution in [0.25, 0.3) is 0 Å². The van der Waals surface area contributed by atoms with E-state index in [4.69, 9.17) is 34.1 Å². The number of hydrogen-bond acceptors (Lipinski definition) is 15. The molecule has 1 unspecified atom stereocenters. The first-order valence-corrected chi connectivity index (χ1v) is 22.0. The number of aliphatic hydroxyl groups is 2. The van der Waals surface area contributed by atoms with Gasteiger partial charge in [0.05, 0.1) is 24.2 Å². The molecule has 0 bridgehead atoms. The molecule has 0 saturated carbocycles. The molecule has 1 heterocycles. The van der Waals surface area contributed by atoms with Crippen molar-refractivity contribution in [3.8, 4) is 0 Å². The molecule has 1 fully saturated rings. The Morgan fingerprint density at radius 1 is 0.785 bits per heavy atom. The van der Waals surface area contributed by atoms with Gasteiger partial charge in [-0.3, -0.25) is 44.3 Å². The molecular formula is C41H73N15O9. The molecule has 65 heavy (non-hydrogen) atoms. The lowest BCUT2D eigenvalue weighted by molar-refractivity contribution is -0.135. The molecule has 1 aliphatic heterocycles. The summed E-state index contributed by atoms with van der Waals surface area (Å²) in [6.45, 7) is 4.65. The Morgan fingerprint density at radius 2 is 1.31 bits per heavy atom. The highest BCUT2D eigenvalue weighted by atomic mass is 16.3. The lowest BCUT2D eigenvalue weighted by Crippen LogP contribution is -2.62. The van der Waals surface area contributed by atoms with Gasteiger partial charge >= 0.3 is 0 Å². The fraction of sp³-hybridized carbons (Fsp3) is 0.659. The van der Waals surface area contributed by atoms with Crippen molar-refractivity contribution in [1.82, 2.24) is 47.9 Å². The van der Waals surface area contributed by atoms with Gasteiger partial charge in [-0.15, -0.1) is 0 Å². The van der Waals surface area contributed by atoms with E-state index in [1.54, 1.807) is 30.3 Å². The summed E-state index contributed by atoms with van der Waals surface area (Å²) in [5.74, 6) is -6.01. The highest BCUT2D eigenvalue weighted by Crippen LogP contribution is 2.12. The first kappa shape index (κ1) is 55.6. The molecule has 24 nitrogen and oxygen atoms in total. The van der Waals surface area contributed by atoms with E-state index >= 15 is 0 Å². The largest absolute Gasteiger partial charge is 0.391 e. The van der Waals surface area contributed by atoms with Gasteiger partial charge in [0.1, 0.15) is 36.4 Å². The van der Waals surface area contributed by atoms with E-state index in [9.17, 15) is 43.8 Å². The predicted octanol–water partition coefficient (Wildman–Crippen LogP) is -6.00. The zero-order chi connectivity index (χ0) is 48.6. The van der Waals surface area contributed by atoms with Gasteiger partial charge in [-0.25, -0.2) is 0 Å². The minimum atomic E-state index is -1.59. The molecule has 0 aromatic heterocycles. The van der Waals surface area contributed by atoms with Crippen molar-refractivity contribution in [2.75, 3.05) is 32.7 Å². The number of guanidine groups is 1. The van der Waals surface area contributed by atoms with E-state index in [2.05, 4.69) is 47.9 Å². The third-order valence-electron chi connectivity index (χ3n) is 10.4. The van der Waals surface area contributed by atoms with E-state index in [0.717, 1.165) is 0 Å². The molecule has 0 spiro atoms. The molecule has 22 N–H and O–H groups in total. The maximum atomic E-state index is 14.1. The summed E-state index contributed by atoms with van der Waals surface area (Å²) in [5, 5.41) is 53.4. The van der Waals surface area contributed by atoms with Crippen LogP contribution in [-0.2, 0) is 40.0 Å². The molecule has 0 aliphatic carbocycles. The van der Waals surface area contributed by atoms with Crippen molar-refractivity contribution in [1.29, 1.82) is 5.41 Å². The molecule has 1 aromatic carbocycles. The summed E-state index contributed by atoms with van der Waals surface area (Å²) in [6.07, 6.45) is -2.92. The molecule has 1 saturated heterocycles. The Morgan fingerprint density at radius 3 is 1.83 bits per heavy atom. The summed E-state index contributed by atoms with van der Waals surface area (Å²) in [5.41, 5.74) is 29.7. The second-order valence-electron chi connectivity index (χ2n) is 16.5. The SMILES string of the molecule is CC(C)C[C@@H]1NC(O)[C@@H](Cc2ccccc2)NC(=O)[C@H](CCN)NC(=O)[C@@H](NC(=O)[C@@H](N)CCCNC(=N)N)CCNC(=O)[C@H]([C@@H](C)O)NC(=O)[C@H](CCN)NC(=O)[C@H](CCN)NC1=O. The van der Waals surface area contributed by atoms with E-state index in [1.807, 2.05) is 13.8 Å². The molecule has 7 amide bonds. The van der Waals surface area contributed by atoms with Crippen LogP contribution in [0, 0.1) is 11.3 Å². The maximum absolute atomic E-state index is 14.1. The second kappa shape index (κ2) is 29.1. The number of hydrogen-bond donors (Lipinski definition) is 17. The lowest BCUT2D eigenvalue weighted by atomic mass is 9.99. The Labute approximate surface area is 379 Å². The number of nitrogens with one attached hydrogen (secondary N) is 10. The third-order valence-corrected chi connectivity index (χ3v) is 10.4. The molecule has 1 aliphatic rings. The molecule has 0 radical (unpaired) electrons. The molecular weight excluding hydrogens is 847 g/mol. The van der Waals surface area contributed by atoms with E-state index in [-0.39, 0.29) is 89.5 Å². The topological polar surface area (TPSA) is 422 Å². The molecule has 2 rings (SSSR count). The first-order valence-electron chi connectivity index (χ1n) is 22.0. The Bertz CT molecular complexity index is 1710. The monoisotopic (exact) mass is 920 g/mol. The normalized spacial score (nSPS) is 25.7. The number of nitrogens with two attached hydrogens (primary N) is 5. The zero-order valence-corrected chi connectivity index (χ0v) is 37.6. The van der Waals surface area contributed by atoms with E-state index in [1.165, 1.54) is 6.92 Å². The van der Waals surface area contributed by atoms with Crippen LogP contribution in [0.2, 0.25) is 0 Å². The molecule has 1 aromatic rings. The zero-order valence-electron chi connectivity index (χ0n) is 37.6. The minimum absolute atomic E-state index is 0.0501. The van der Waals surface area contributed by atoms with Crippen molar-refractivity contribution in [2.45, 2.75) is 133 Å². The highest BCUT2D eigenvalue weighted by Gasteiger charge is 2.35. The molecule has 366 valence electrons. The summed E-state index contributed by atoms with van der Waals surface area (Å²) < 4.78 is 0. The van der Waals surface area contributed by atoms with Gasteiger partial charge in [-0.05, 0) is 89.4 Å². The number of amides is 7. The average Bonchev–Trinajstić information content (AvgIpc) is 3.24. The fourth-order valence-corrected chi connectivity index (χ4v) is 6.89. The fourth-order valence-electron chi connectivity index (χ4n) is 6.89. The van der Waals surface area contributed by atoms with Crippen LogP contribution in [0.1, 0.15) is 71.3 Å². The van der Waals surface area contributed by atoms with Crippen molar-refractivity contribution in [3.05, 3.63) is 35.9 Å². The Balaban J connectivity index is 2.66. The summed E-state index contributed by atoms with van der Waals surface area (Å²) in [7, 11) is 0. The smallest absolute Gasteiger partial charge is 0.245 e. The van der Waals surface area contributed by atoms with Gasteiger partial charge in [0, 0.05) is 13.1 Å². The average molecular weight is 920 g/mol. The number of benzene rings is 1. The summed E-state index contributed by atoms with van der Waals surface area (Å²) in [6, 6.07) is -1.41. The lowest BCUT2D eigenvalue weighted by Gasteiger charge is -2.32. The standard InChI is InChI=1S/C41H73N15O9/c1-22(2)20-30-38(63)53-26(11-15-42)34(59)52-28(13-17-44)37(62)56-32(23(3)57)40(65)48-19-14-29(50-33(58)25(45)10-7-18-49-41(46)47)36(61)51-27(12-16-43)35(60)55-31(39(64)54-30)21-24-8-5-4-6-9-24/h4-6,8-9,22-23,25-32,39,54,57,64H,7,10-21,42-45H2,1-3H3,(H,48,65)(H,50,58)(H,51,61)(H,52,59)(H,53,63)(H,55,60)(H,56,62)(H4,46,47,49)/t23-,25+,26+,27+,28+,29+,30+,31-,32+,39?/m1/s1. The summed E-state index contributed by atoms with van der Waals surface area (Å²) in [4.78, 5) is 96.3.